The van der Waals surface area contributed by atoms with Crippen molar-refractivity contribution >= 4 is 29.3 Å². The number of amides is 1. The molecular weight excluding hydrogens is 383 g/mol. The van der Waals surface area contributed by atoms with Crippen LogP contribution in [-0.2, 0) is 9.53 Å². The predicted octanol–water partition coefficient (Wildman–Crippen LogP) is 3.66. The number of halogens is 1. The number of methoxy groups -OCH3 is 1. The van der Waals surface area contributed by atoms with Gasteiger partial charge in [0.2, 0.25) is 0 Å². The molecule has 0 spiro atoms. The molecule has 1 amide bonds. The molecule has 0 N–H and O–H groups in total. The molecule has 0 fully saturated rings. The van der Waals surface area contributed by atoms with E-state index in [1.165, 1.54) is 48.0 Å². The van der Waals surface area contributed by atoms with Gasteiger partial charge in [-0.3, -0.25) is 4.79 Å². The molecule has 0 aliphatic carbocycles. The maximum atomic E-state index is 13.1. The van der Waals surface area contributed by atoms with Crippen LogP contribution in [0.1, 0.15) is 16.8 Å². The molecule has 0 aliphatic rings. The van der Waals surface area contributed by atoms with Crippen LogP contribution in [-0.4, -0.2) is 38.4 Å². The van der Waals surface area contributed by atoms with Gasteiger partial charge in [-0.05, 0) is 48.7 Å². The van der Waals surface area contributed by atoms with Crippen molar-refractivity contribution in [2.24, 2.45) is 0 Å². The Bertz CT molecular complexity index is 881. The van der Waals surface area contributed by atoms with E-state index in [0.29, 0.717) is 11.4 Å². The summed E-state index contributed by atoms with van der Waals surface area (Å²) in [5.74, 6) is -1.31. The lowest BCUT2D eigenvalue weighted by Gasteiger charge is -2.21. The van der Waals surface area contributed by atoms with Gasteiger partial charge in [0.1, 0.15) is 17.1 Å². The molecule has 0 heterocycles. The van der Waals surface area contributed by atoms with E-state index in [1.54, 1.807) is 18.2 Å². The van der Waals surface area contributed by atoms with E-state index >= 15 is 0 Å². The molecule has 0 atom stereocenters. The summed E-state index contributed by atoms with van der Waals surface area (Å²) in [4.78, 5) is 27.1. The van der Waals surface area contributed by atoms with Gasteiger partial charge >= 0.3 is 5.97 Å². The maximum Gasteiger partial charge on any atom is 0.342 e. The molecule has 0 saturated heterocycles. The van der Waals surface area contributed by atoms with Gasteiger partial charge in [-0.2, -0.15) is 5.26 Å². The summed E-state index contributed by atoms with van der Waals surface area (Å²) in [6.45, 7) is -0.417. The minimum Gasteiger partial charge on any atom is -0.496 e. The zero-order valence-corrected chi connectivity index (χ0v) is 16.3. The van der Waals surface area contributed by atoms with Crippen molar-refractivity contribution in [1.82, 2.24) is 0 Å². The van der Waals surface area contributed by atoms with Gasteiger partial charge in [0.15, 0.2) is 6.61 Å². The minimum absolute atomic E-state index is 0.0844. The highest BCUT2D eigenvalue weighted by atomic mass is 32.2. The molecule has 0 bridgehead atoms. The van der Waals surface area contributed by atoms with Gasteiger partial charge in [-0.15, -0.1) is 11.8 Å². The van der Waals surface area contributed by atoms with Crippen LogP contribution < -0.4 is 9.64 Å². The number of carbonyl (C=O) groups excluding carboxylic acids is 2. The second kappa shape index (κ2) is 10.3. The Kier molecular flexibility index (Phi) is 7.84. The highest BCUT2D eigenvalue weighted by Crippen LogP contribution is 2.26. The number of nitriles is 1. The summed E-state index contributed by atoms with van der Waals surface area (Å²) >= 11 is 1.50. The molecular formula is C20H19FN2O4S. The molecule has 2 rings (SSSR count). The average Bonchev–Trinajstić information content (AvgIpc) is 2.72. The van der Waals surface area contributed by atoms with Crippen molar-refractivity contribution in [3.8, 4) is 11.8 Å². The molecule has 0 saturated carbocycles. The van der Waals surface area contributed by atoms with Crippen molar-refractivity contribution in [1.29, 1.82) is 5.26 Å². The molecule has 0 aromatic heterocycles. The van der Waals surface area contributed by atoms with E-state index < -0.39 is 24.3 Å². The lowest BCUT2D eigenvalue weighted by molar-refractivity contribution is -0.121. The van der Waals surface area contributed by atoms with Crippen LogP contribution in [0.25, 0.3) is 0 Å². The first kappa shape index (κ1) is 21.3. The van der Waals surface area contributed by atoms with Crippen LogP contribution in [0.5, 0.6) is 5.75 Å². The Morgan fingerprint density at radius 2 is 1.93 bits per heavy atom. The zero-order chi connectivity index (χ0) is 20.5. The second-order valence-corrected chi connectivity index (χ2v) is 6.45. The number of rotatable bonds is 8. The van der Waals surface area contributed by atoms with Crippen molar-refractivity contribution in [2.45, 2.75) is 11.3 Å². The molecule has 2 aromatic carbocycles. The van der Waals surface area contributed by atoms with E-state index in [9.17, 15) is 14.0 Å². The Morgan fingerprint density at radius 3 is 2.54 bits per heavy atom. The number of thioether (sulfide) groups is 1. The van der Waals surface area contributed by atoms with Crippen LogP contribution in [0.2, 0.25) is 0 Å². The standard InChI is InChI=1S/C20H19FN2O4S/c1-26-18-12-16(28-2)8-9-17(18)20(25)27-13-19(24)23(11-3-10-22)15-6-4-14(21)5-7-15/h4-9,12H,3,11,13H2,1-2H3. The van der Waals surface area contributed by atoms with E-state index in [1.807, 2.05) is 12.3 Å². The Morgan fingerprint density at radius 1 is 1.21 bits per heavy atom. The highest BCUT2D eigenvalue weighted by Gasteiger charge is 2.20. The molecule has 0 radical (unpaired) electrons. The molecule has 0 aliphatic heterocycles. The molecule has 28 heavy (non-hydrogen) atoms. The Labute approximate surface area is 166 Å². The lowest BCUT2D eigenvalue weighted by atomic mass is 10.2. The van der Waals surface area contributed by atoms with Gasteiger partial charge in [-0.1, -0.05) is 0 Å². The van der Waals surface area contributed by atoms with Crippen LogP contribution in [0.3, 0.4) is 0 Å². The molecule has 146 valence electrons. The summed E-state index contributed by atoms with van der Waals surface area (Å²) in [6, 6.07) is 12.3. The largest absolute Gasteiger partial charge is 0.496 e. The summed E-state index contributed by atoms with van der Waals surface area (Å²) in [5.41, 5.74) is 0.623. The molecule has 8 heteroatoms. The number of hydrogen-bond acceptors (Lipinski definition) is 6. The molecule has 6 nitrogen and oxygen atoms in total. The minimum atomic E-state index is -0.697. The number of carbonyl (C=O) groups is 2. The van der Waals surface area contributed by atoms with Gasteiger partial charge in [-0.25, -0.2) is 9.18 Å². The summed E-state index contributed by atoms with van der Waals surface area (Å²) < 4.78 is 23.5. The molecule has 0 unspecified atom stereocenters. The van der Waals surface area contributed by atoms with Gasteiger partial charge < -0.3 is 14.4 Å². The zero-order valence-electron chi connectivity index (χ0n) is 15.5. The third-order valence-corrected chi connectivity index (χ3v) is 4.57. The third kappa shape index (κ3) is 5.47. The smallest absolute Gasteiger partial charge is 0.342 e. The fourth-order valence-corrected chi connectivity index (χ4v) is 2.86. The van der Waals surface area contributed by atoms with E-state index in [-0.39, 0.29) is 18.5 Å². The number of hydrogen-bond donors (Lipinski definition) is 0. The first-order chi connectivity index (χ1) is 13.5. The Hall–Kier alpha value is -3.05. The fourth-order valence-electron chi connectivity index (χ4n) is 2.43. The average molecular weight is 402 g/mol. The SMILES string of the molecule is COc1cc(SC)ccc1C(=O)OCC(=O)N(CCC#N)c1ccc(F)cc1. The first-order valence-electron chi connectivity index (χ1n) is 8.32. The second-order valence-electron chi connectivity index (χ2n) is 5.57. The fraction of sp³-hybridized carbons (Fsp3) is 0.250. The van der Waals surface area contributed by atoms with E-state index in [4.69, 9.17) is 14.7 Å². The van der Waals surface area contributed by atoms with Crippen LogP contribution >= 0.6 is 11.8 Å². The van der Waals surface area contributed by atoms with Crippen molar-refractivity contribution in [2.75, 3.05) is 31.4 Å². The quantitative estimate of drug-likeness (QED) is 0.495. The van der Waals surface area contributed by atoms with Gasteiger partial charge in [0, 0.05) is 17.1 Å². The van der Waals surface area contributed by atoms with Crippen LogP contribution in [0, 0.1) is 17.1 Å². The van der Waals surface area contributed by atoms with Crippen molar-refractivity contribution < 1.29 is 23.5 Å². The topological polar surface area (TPSA) is 79.6 Å². The van der Waals surface area contributed by atoms with E-state index in [2.05, 4.69) is 0 Å². The monoisotopic (exact) mass is 402 g/mol. The predicted molar refractivity (Wildman–Crippen MR) is 104 cm³/mol. The van der Waals surface area contributed by atoms with Crippen LogP contribution in [0.15, 0.2) is 47.4 Å². The maximum absolute atomic E-state index is 13.1. The molecule has 2 aromatic rings. The summed E-state index contributed by atoms with van der Waals surface area (Å²) in [5, 5.41) is 8.81. The lowest BCUT2D eigenvalue weighted by Crippen LogP contribution is -2.35. The number of ether oxygens (including phenoxy) is 2. The van der Waals surface area contributed by atoms with E-state index in [0.717, 1.165) is 4.90 Å². The highest BCUT2D eigenvalue weighted by molar-refractivity contribution is 7.98. The first-order valence-corrected chi connectivity index (χ1v) is 9.54. The number of esters is 1. The third-order valence-electron chi connectivity index (χ3n) is 3.84. The summed E-state index contributed by atoms with van der Waals surface area (Å²) in [7, 11) is 1.44. The van der Waals surface area contributed by atoms with Crippen LogP contribution in [0.4, 0.5) is 10.1 Å². The van der Waals surface area contributed by atoms with Gasteiger partial charge in [0.05, 0.1) is 19.6 Å². The van der Waals surface area contributed by atoms with Crippen molar-refractivity contribution in [3.63, 3.8) is 0 Å². The number of nitrogens with zero attached hydrogens (tertiary/aromatic N) is 2. The normalized spacial score (nSPS) is 10.1. The summed E-state index contributed by atoms with van der Waals surface area (Å²) in [6.07, 6.45) is 1.98. The number of benzene rings is 2. The Balaban J connectivity index is 2.10. The van der Waals surface area contributed by atoms with Crippen molar-refractivity contribution in [3.05, 3.63) is 53.8 Å². The van der Waals surface area contributed by atoms with Gasteiger partial charge in [0.25, 0.3) is 5.91 Å². The number of anilines is 1.